The van der Waals surface area contributed by atoms with Gasteiger partial charge in [-0.05, 0) is 31.2 Å². The predicted molar refractivity (Wildman–Crippen MR) is 87.3 cm³/mol. The lowest BCUT2D eigenvalue weighted by atomic mass is 10.3. The zero-order valence-electron chi connectivity index (χ0n) is 11.4. The quantitative estimate of drug-likeness (QED) is 0.326. The SMILES string of the molecule is C/C(N=Nc1nc2ccccc2s1)=N\Nc1ccccc1. The highest BCUT2D eigenvalue weighted by Gasteiger charge is 2.01. The fourth-order valence-electron chi connectivity index (χ4n) is 1.70. The molecule has 0 saturated carbocycles. The highest BCUT2D eigenvalue weighted by atomic mass is 32.1. The van der Waals surface area contributed by atoms with E-state index in [1.807, 2.05) is 54.6 Å². The van der Waals surface area contributed by atoms with Crippen molar-refractivity contribution >= 4 is 38.2 Å². The molecule has 0 aliphatic rings. The van der Waals surface area contributed by atoms with Crippen LogP contribution < -0.4 is 5.43 Å². The van der Waals surface area contributed by atoms with Crippen molar-refractivity contribution in [2.24, 2.45) is 15.3 Å². The molecule has 1 aromatic heterocycles. The van der Waals surface area contributed by atoms with Crippen molar-refractivity contribution in [3.05, 3.63) is 54.6 Å². The second kappa shape index (κ2) is 6.23. The van der Waals surface area contributed by atoms with Crippen LogP contribution in [0, 0.1) is 0 Å². The average molecular weight is 295 g/mol. The van der Waals surface area contributed by atoms with Crippen molar-refractivity contribution in [2.75, 3.05) is 5.43 Å². The monoisotopic (exact) mass is 295 g/mol. The van der Waals surface area contributed by atoms with Crippen LogP contribution in [0.4, 0.5) is 10.8 Å². The topological polar surface area (TPSA) is 62.0 Å². The largest absolute Gasteiger partial charge is 0.277 e. The summed E-state index contributed by atoms with van der Waals surface area (Å²) in [7, 11) is 0. The van der Waals surface area contributed by atoms with Gasteiger partial charge in [0.05, 0.1) is 15.9 Å². The van der Waals surface area contributed by atoms with Crippen LogP contribution in [0.5, 0.6) is 0 Å². The van der Waals surface area contributed by atoms with Gasteiger partial charge in [0.1, 0.15) is 0 Å². The van der Waals surface area contributed by atoms with E-state index in [9.17, 15) is 0 Å². The minimum Gasteiger partial charge on any atom is -0.277 e. The zero-order valence-corrected chi connectivity index (χ0v) is 12.2. The first-order valence-corrected chi connectivity index (χ1v) is 7.25. The number of azo groups is 1. The van der Waals surface area contributed by atoms with Crippen molar-refractivity contribution in [3.63, 3.8) is 0 Å². The van der Waals surface area contributed by atoms with Gasteiger partial charge >= 0.3 is 0 Å². The fourth-order valence-corrected chi connectivity index (χ4v) is 2.49. The lowest BCUT2D eigenvalue weighted by Gasteiger charge is -1.98. The van der Waals surface area contributed by atoms with E-state index in [1.54, 1.807) is 6.92 Å². The van der Waals surface area contributed by atoms with Gasteiger partial charge in [0, 0.05) is 0 Å². The lowest BCUT2D eigenvalue weighted by molar-refractivity contribution is 1.20. The molecule has 0 radical (unpaired) electrons. The van der Waals surface area contributed by atoms with Gasteiger partial charge in [-0.2, -0.15) is 5.10 Å². The number of benzene rings is 2. The number of hydrazone groups is 1. The second-order valence-electron chi connectivity index (χ2n) is 4.30. The lowest BCUT2D eigenvalue weighted by Crippen LogP contribution is -1.93. The van der Waals surface area contributed by atoms with Crippen LogP contribution in [0.3, 0.4) is 0 Å². The van der Waals surface area contributed by atoms with E-state index in [-0.39, 0.29) is 0 Å². The van der Waals surface area contributed by atoms with Gasteiger partial charge in [0.25, 0.3) is 0 Å². The molecule has 0 amide bonds. The van der Waals surface area contributed by atoms with Crippen LogP contribution in [0.2, 0.25) is 0 Å². The van der Waals surface area contributed by atoms with E-state index in [0.717, 1.165) is 15.9 Å². The Morgan fingerprint density at radius 2 is 1.81 bits per heavy atom. The van der Waals surface area contributed by atoms with E-state index in [1.165, 1.54) is 11.3 Å². The molecule has 1 heterocycles. The van der Waals surface area contributed by atoms with Gasteiger partial charge in [-0.15, -0.1) is 10.2 Å². The third-order valence-corrected chi connectivity index (χ3v) is 3.60. The molecule has 2 aromatic carbocycles. The van der Waals surface area contributed by atoms with Gasteiger partial charge in [-0.3, -0.25) is 5.43 Å². The Morgan fingerprint density at radius 1 is 1.05 bits per heavy atom. The Kier molecular flexibility index (Phi) is 3.97. The molecule has 5 nitrogen and oxygen atoms in total. The number of rotatable bonds is 3. The number of nitrogens with one attached hydrogen (secondary N) is 1. The highest BCUT2D eigenvalue weighted by Crippen LogP contribution is 2.27. The Hall–Kier alpha value is -2.60. The molecule has 0 aliphatic heterocycles. The number of hydrogen-bond acceptors (Lipinski definition) is 5. The highest BCUT2D eigenvalue weighted by molar-refractivity contribution is 7.21. The fraction of sp³-hybridized carbons (Fsp3) is 0.0667. The Balaban J connectivity index is 1.70. The first kappa shape index (κ1) is 13.4. The number of aromatic nitrogens is 1. The third kappa shape index (κ3) is 3.49. The smallest absolute Gasteiger partial charge is 0.231 e. The summed E-state index contributed by atoms with van der Waals surface area (Å²) in [5.41, 5.74) is 4.77. The molecule has 3 rings (SSSR count). The van der Waals surface area contributed by atoms with Gasteiger partial charge in [-0.25, -0.2) is 4.98 Å². The van der Waals surface area contributed by atoms with Crippen molar-refractivity contribution in [1.29, 1.82) is 0 Å². The van der Waals surface area contributed by atoms with Gasteiger partial charge in [-0.1, -0.05) is 41.7 Å². The number of hydrogen-bond donors (Lipinski definition) is 1. The van der Waals surface area contributed by atoms with Crippen molar-refractivity contribution in [1.82, 2.24) is 4.98 Å². The molecular weight excluding hydrogens is 282 g/mol. The van der Waals surface area contributed by atoms with E-state index in [4.69, 9.17) is 0 Å². The van der Waals surface area contributed by atoms with Crippen molar-refractivity contribution in [3.8, 4) is 0 Å². The molecule has 0 unspecified atom stereocenters. The van der Waals surface area contributed by atoms with E-state index < -0.39 is 0 Å². The van der Waals surface area contributed by atoms with Gasteiger partial charge < -0.3 is 0 Å². The van der Waals surface area contributed by atoms with E-state index in [2.05, 4.69) is 25.7 Å². The summed E-state index contributed by atoms with van der Waals surface area (Å²) in [6.45, 7) is 1.78. The normalized spacial score (nSPS) is 12.1. The number of anilines is 1. The number of nitrogens with zero attached hydrogens (tertiary/aromatic N) is 4. The minimum absolute atomic E-state index is 0.540. The number of fused-ring (bicyclic) bond motifs is 1. The molecule has 0 atom stereocenters. The number of para-hydroxylation sites is 2. The van der Waals surface area contributed by atoms with Crippen LogP contribution in [0.1, 0.15) is 6.92 Å². The average Bonchev–Trinajstić information content (AvgIpc) is 2.95. The second-order valence-corrected chi connectivity index (χ2v) is 5.31. The molecule has 21 heavy (non-hydrogen) atoms. The van der Waals surface area contributed by atoms with E-state index in [0.29, 0.717) is 11.0 Å². The molecule has 0 bridgehead atoms. The molecule has 6 heteroatoms. The standard InChI is InChI=1S/C15H13N5S/c1-11(17-19-12-7-3-2-4-8-12)18-20-15-16-13-9-5-6-10-14(13)21-15/h2-10,19H,1H3/b17-11+,20-18?. The first-order chi connectivity index (χ1) is 10.3. The van der Waals surface area contributed by atoms with Crippen LogP contribution in [0.25, 0.3) is 10.2 Å². The molecule has 1 N–H and O–H groups in total. The Labute approximate surface area is 126 Å². The van der Waals surface area contributed by atoms with Crippen LogP contribution in [-0.2, 0) is 0 Å². The van der Waals surface area contributed by atoms with Crippen molar-refractivity contribution < 1.29 is 0 Å². The Morgan fingerprint density at radius 3 is 2.62 bits per heavy atom. The maximum absolute atomic E-state index is 4.39. The summed E-state index contributed by atoms with van der Waals surface area (Å²) in [5.74, 6) is 0.540. The third-order valence-electron chi connectivity index (χ3n) is 2.68. The van der Waals surface area contributed by atoms with Crippen LogP contribution in [-0.4, -0.2) is 10.8 Å². The predicted octanol–water partition coefficient (Wildman–Crippen LogP) is 4.83. The summed E-state index contributed by atoms with van der Waals surface area (Å²) >= 11 is 1.51. The van der Waals surface area contributed by atoms with Gasteiger partial charge in [0.15, 0.2) is 5.84 Å². The number of thiazole rings is 1. The molecule has 3 aromatic rings. The molecule has 0 fully saturated rings. The maximum atomic E-state index is 4.39. The number of amidine groups is 1. The molecule has 0 saturated heterocycles. The Bertz CT molecular complexity index is 759. The summed E-state index contributed by atoms with van der Waals surface area (Å²) in [6.07, 6.45) is 0. The maximum Gasteiger partial charge on any atom is 0.231 e. The summed E-state index contributed by atoms with van der Waals surface area (Å²) in [6, 6.07) is 17.6. The minimum atomic E-state index is 0.540. The molecule has 0 spiro atoms. The molecular formula is C15H13N5S. The zero-order chi connectivity index (χ0) is 14.5. The first-order valence-electron chi connectivity index (χ1n) is 6.44. The summed E-state index contributed by atoms with van der Waals surface area (Å²) in [4.78, 5) is 4.39. The van der Waals surface area contributed by atoms with Gasteiger partial charge in [0.2, 0.25) is 5.13 Å². The summed E-state index contributed by atoms with van der Waals surface area (Å²) in [5, 5.41) is 13.0. The van der Waals surface area contributed by atoms with Crippen LogP contribution in [0.15, 0.2) is 69.9 Å². The van der Waals surface area contributed by atoms with Crippen LogP contribution >= 0.6 is 11.3 Å². The van der Waals surface area contributed by atoms with Crippen molar-refractivity contribution in [2.45, 2.75) is 6.92 Å². The summed E-state index contributed by atoms with van der Waals surface area (Å²) < 4.78 is 1.10. The van der Waals surface area contributed by atoms with E-state index >= 15 is 0 Å². The molecule has 104 valence electrons. The molecule has 0 aliphatic carbocycles.